The van der Waals surface area contributed by atoms with E-state index >= 15 is 0 Å². The molecule has 2 aromatic carbocycles. The van der Waals surface area contributed by atoms with E-state index in [2.05, 4.69) is 5.10 Å². The molecule has 0 spiro atoms. The number of halogens is 1. The van der Waals surface area contributed by atoms with Crippen molar-refractivity contribution < 1.29 is 18.7 Å². The Bertz CT molecular complexity index is 1180. The minimum Gasteiger partial charge on any atom is -0.377 e. The number of aromatic nitrogens is 2. The molecule has 2 saturated heterocycles. The van der Waals surface area contributed by atoms with Gasteiger partial charge in [-0.1, -0.05) is 18.2 Å². The molecular formula is C23H24FN5O3. The zero-order chi connectivity index (χ0) is 22.2. The summed E-state index contributed by atoms with van der Waals surface area (Å²) in [5.74, 6) is -0.441. The normalized spacial score (nSPS) is 19.2. The summed E-state index contributed by atoms with van der Waals surface area (Å²) >= 11 is 0. The van der Waals surface area contributed by atoms with Gasteiger partial charge in [0, 0.05) is 25.0 Å². The molecule has 3 heterocycles. The van der Waals surface area contributed by atoms with Crippen LogP contribution in [-0.4, -0.2) is 77.0 Å². The fourth-order valence-corrected chi connectivity index (χ4v) is 4.39. The first kappa shape index (κ1) is 20.4. The van der Waals surface area contributed by atoms with Crippen LogP contribution in [0, 0.1) is 5.82 Å². The Kier molecular flexibility index (Phi) is 5.26. The molecule has 1 aromatic heterocycles. The van der Waals surface area contributed by atoms with Crippen LogP contribution >= 0.6 is 0 Å². The predicted octanol–water partition coefficient (Wildman–Crippen LogP) is 2.65. The van der Waals surface area contributed by atoms with E-state index in [9.17, 15) is 14.0 Å². The number of fused-ring (bicyclic) bond motifs is 1. The first-order valence-corrected chi connectivity index (χ1v) is 10.7. The lowest BCUT2D eigenvalue weighted by molar-refractivity contribution is -0.139. The molecule has 0 aliphatic carbocycles. The highest BCUT2D eigenvalue weighted by Crippen LogP contribution is 2.31. The fourth-order valence-electron chi connectivity index (χ4n) is 4.39. The minimum absolute atomic E-state index is 0.00280. The van der Waals surface area contributed by atoms with Gasteiger partial charge in [-0.3, -0.25) is 9.69 Å². The Morgan fingerprint density at radius 1 is 1.12 bits per heavy atom. The number of morpholine rings is 1. The van der Waals surface area contributed by atoms with Crippen molar-refractivity contribution in [3.63, 3.8) is 0 Å². The number of carbonyl (C=O) groups excluding carboxylic acids is 2. The van der Waals surface area contributed by atoms with Gasteiger partial charge in [0.05, 0.1) is 36.7 Å². The van der Waals surface area contributed by atoms with Crippen molar-refractivity contribution >= 4 is 28.5 Å². The van der Waals surface area contributed by atoms with Gasteiger partial charge in [-0.15, -0.1) is 0 Å². The quantitative estimate of drug-likeness (QED) is 0.629. The zero-order valence-corrected chi connectivity index (χ0v) is 17.8. The number of anilines is 1. The van der Waals surface area contributed by atoms with E-state index in [0.29, 0.717) is 49.7 Å². The number of hydrogen-bond donors (Lipinski definition) is 0. The van der Waals surface area contributed by atoms with Crippen LogP contribution in [0.15, 0.2) is 48.7 Å². The summed E-state index contributed by atoms with van der Waals surface area (Å²) in [6.07, 6.45) is 1.65. The number of carbonyl (C=O) groups is 2. The third-order valence-corrected chi connectivity index (χ3v) is 6.07. The molecule has 0 radical (unpaired) electrons. The van der Waals surface area contributed by atoms with Gasteiger partial charge in [-0.2, -0.15) is 5.10 Å². The van der Waals surface area contributed by atoms with Crippen LogP contribution in [-0.2, 0) is 9.53 Å². The average molecular weight is 437 g/mol. The largest absolute Gasteiger partial charge is 0.377 e. The molecule has 5 rings (SSSR count). The molecule has 0 N–H and O–H groups in total. The van der Waals surface area contributed by atoms with Gasteiger partial charge in [-0.05, 0) is 31.2 Å². The van der Waals surface area contributed by atoms with Crippen molar-refractivity contribution in [3.05, 3.63) is 54.5 Å². The van der Waals surface area contributed by atoms with Crippen molar-refractivity contribution in [3.8, 4) is 5.69 Å². The highest BCUT2D eigenvalue weighted by atomic mass is 19.1. The van der Waals surface area contributed by atoms with Crippen molar-refractivity contribution in [1.82, 2.24) is 19.6 Å². The molecule has 32 heavy (non-hydrogen) atoms. The molecule has 3 amide bonds. The number of rotatable bonds is 4. The van der Waals surface area contributed by atoms with Crippen LogP contribution in [0.3, 0.4) is 0 Å². The van der Waals surface area contributed by atoms with Crippen LogP contribution in [0.2, 0.25) is 0 Å². The van der Waals surface area contributed by atoms with E-state index in [4.69, 9.17) is 4.74 Å². The molecule has 1 atom stereocenters. The number of benzene rings is 2. The van der Waals surface area contributed by atoms with Crippen LogP contribution in [0.5, 0.6) is 0 Å². The molecule has 0 bridgehead atoms. The summed E-state index contributed by atoms with van der Waals surface area (Å²) in [5, 5.41) is 5.12. The van der Waals surface area contributed by atoms with E-state index in [-0.39, 0.29) is 30.3 Å². The van der Waals surface area contributed by atoms with Gasteiger partial charge in [0.25, 0.3) is 0 Å². The second-order valence-corrected chi connectivity index (χ2v) is 8.08. The van der Waals surface area contributed by atoms with Crippen molar-refractivity contribution in [2.75, 3.05) is 44.3 Å². The van der Waals surface area contributed by atoms with Crippen molar-refractivity contribution in [2.45, 2.75) is 13.0 Å². The van der Waals surface area contributed by atoms with Crippen LogP contribution < -0.4 is 4.90 Å². The minimum atomic E-state index is -0.373. The molecular weight excluding hydrogens is 413 g/mol. The maximum atomic E-state index is 14.3. The summed E-state index contributed by atoms with van der Waals surface area (Å²) in [6, 6.07) is 11.7. The van der Waals surface area contributed by atoms with Gasteiger partial charge in [0.1, 0.15) is 18.0 Å². The number of ether oxygens (including phenoxy) is 1. The standard InChI is InChI=1S/C23H24FN5O3/c1-16-15-32-12-11-27(16)22(30)14-26-9-10-28(23(26)31)19-7-4-8-20-17(19)13-25-29(20)21-6-3-2-5-18(21)24/h2-8,13,16H,9-12,14-15H2,1H3/t16-/m1/s1. The Balaban J connectivity index is 1.39. The van der Waals surface area contributed by atoms with E-state index in [1.165, 1.54) is 10.7 Å². The van der Waals surface area contributed by atoms with Crippen molar-refractivity contribution in [1.29, 1.82) is 0 Å². The Morgan fingerprint density at radius 3 is 2.75 bits per heavy atom. The first-order chi connectivity index (χ1) is 15.5. The Labute approximate surface area is 184 Å². The highest BCUT2D eigenvalue weighted by molar-refractivity contribution is 6.04. The third-order valence-electron chi connectivity index (χ3n) is 6.07. The van der Waals surface area contributed by atoms with E-state index < -0.39 is 0 Å². The predicted molar refractivity (Wildman–Crippen MR) is 117 cm³/mol. The summed E-state index contributed by atoms with van der Waals surface area (Å²) in [5.41, 5.74) is 1.75. The summed E-state index contributed by atoms with van der Waals surface area (Å²) in [6.45, 7) is 4.49. The van der Waals surface area contributed by atoms with Crippen LogP contribution in [0.4, 0.5) is 14.9 Å². The number of urea groups is 1. The number of amides is 3. The Hall–Kier alpha value is -3.46. The maximum absolute atomic E-state index is 14.3. The molecule has 2 fully saturated rings. The molecule has 9 heteroatoms. The third kappa shape index (κ3) is 3.48. The topological polar surface area (TPSA) is 70.9 Å². The fraction of sp³-hybridized carbons (Fsp3) is 0.348. The molecule has 166 valence electrons. The first-order valence-electron chi connectivity index (χ1n) is 10.7. The number of hydrogen-bond acceptors (Lipinski definition) is 4. The van der Waals surface area contributed by atoms with Crippen LogP contribution in [0.25, 0.3) is 16.6 Å². The molecule has 8 nitrogen and oxygen atoms in total. The number of para-hydroxylation sites is 1. The van der Waals surface area contributed by atoms with E-state index in [0.717, 1.165) is 5.39 Å². The Morgan fingerprint density at radius 2 is 1.94 bits per heavy atom. The van der Waals surface area contributed by atoms with E-state index in [1.807, 2.05) is 25.1 Å². The lowest BCUT2D eigenvalue weighted by atomic mass is 10.2. The summed E-state index contributed by atoms with van der Waals surface area (Å²) in [7, 11) is 0. The zero-order valence-electron chi connectivity index (χ0n) is 17.8. The second-order valence-electron chi connectivity index (χ2n) is 8.08. The molecule has 2 aliphatic heterocycles. The SMILES string of the molecule is C[C@@H]1COCCN1C(=O)CN1CCN(c2cccc3c2cnn3-c2ccccc2F)C1=O. The lowest BCUT2D eigenvalue weighted by Gasteiger charge is -2.34. The van der Waals surface area contributed by atoms with Gasteiger partial charge in [0.2, 0.25) is 5.91 Å². The smallest absolute Gasteiger partial charge is 0.325 e. The highest BCUT2D eigenvalue weighted by Gasteiger charge is 2.34. The monoisotopic (exact) mass is 437 g/mol. The van der Waals surface area contributed by atoms with Gasteiger partial charge in [-0.25, -0.2) is 13.9 Å². The van der Waals surface area contributed by atoms with Gasteiger partial charge < -0.3 is 14.5 Å². The average Bonchev–Trinajstić information content (AvgIpc) is 3.38. The molecule has 0 unspecified atom stereocenters. The van der Waals surface area contributed by atoms with Crippen LogP contribution in [0.1, 0.15) is 6.92 Å². The molecule has 0 saturated carbocycles. The van der Waals surface area contributed by atoms with Gasteiger partial charge in [0.15, 0.2) is 0 Å². The van der Waals surface area contributed by atoms with Gasteiger partial charge >= 0.3 is 6.03 Å². The van der Waals surface area contributed by atoms with Crippen molar-refractivity contribution in [2.24, 2.45) is 0 Å². The molecule has 3 aromatic rings. The molecule has 2 aliphatic rings. The number of nitrogens with zero attached hydrogens (tertiary/aromatic N) is 5. The van der Waals surface area contributed by atoms with E-state index in [1.54, 1.807) is 39.1 Å². The summed E-state index contributed by atoms with van der Waals surface area (Å²) in [4.78, 5) is 30.9. The summed E-state index contributed by atoms with van der Waals surface area (Å²) < 4.78 is 21.3. The maximum Gasteiger partial charge on any atom is 0.325 e. The second kappa shape index (κ2) is 8.23. The lowest BCUT2D eigenvalue weighted by Crippen LogP contribution is -2.51.